The molecule has 6 nitrogen and oxygen atoms in total. The molecule has 0 radical (unpaired) electrons. The van der Waals surface area contributed by atoms with E-state index in [0.717, 1.165) is 6.42 Å². The smallest absolute Gasteiger partial charge is 0.295 e. The number of hydrazine groups is 2. The lowest BCUT2D eigenvalue weighted by atomic mass is 9.77. The molecule has 0 saturated carbocycles. The standard InChI is InChI=1S/C9H14O.CH6N4O/c1-7-4-8(10)6-9(2,3)5-7;2-4-1(6)5-3/h4H,5-6H2,1-3H3;2-3H2,(H2,4,5,6). The van der Waals surface area contributed by atoms with Gasteiger partial charge in [0.1, 0.15) is 0 Å². The van der Waals surface area contributed by atoms with Crippen molar-refractivity contribution in [3.8, 4) is 0 Å². The number of carbonyl (C=O) groups is 2. The van der Waals surface area contributed by atoms with Gasteiger partial charge in [-0.05, 0) is 24.8 Å². The van der Waals surface area contributed by atoms with Crippen LogP contribution < -0.4 is 22.5 Å². The second-order valence-corrected chi connectivity index (χ2v) is 4.59. The molecule has 6 heteroatoms. The number of urea groups is 1. The van der Waals surface area contributed by atoms with E-state index in [9.17, 15) is 9.59 Å². The van der Waals surface area contributed by atoms with Crippen LogP contribution in [0.1, 0.15) is 33.6 Å². The van der Waals surface area contributed by atoms with E-state index >= 15 is 0 Å². The van der Waals surface area contributed by atoms with E-state index in [1.165, 1.54) is 5.57 Å². The van der Waals surface area contributed by atoms with Crippen LogP contribution in [0.5, 0.6) is 0 Å². The van der Waals surface area contributed by atoms with Crippen molar-refractivity contribution < 1.29 is 9.59 Å². The van der Waals surface area contributed by atoms with Gasteiger partial charge in [0, 0.05) is 6.42 Å². The van der Waals surface area contributed by atoms with Crippen LogP contribution in [0.25, 0.3) is 0 Å². The van der Waals surface area contributed by atoms with E-state index < -0.39 is 6.03 Å². The Balaban J connectivity index is 0.000000325. The minimum atomic E-state index is -0.602. The first-order valence-electron chi connectivity index (χ1n) is 4.98. The molecule has 1 rings (SSSR count). The van der Waals surface area contributed by atoms with E-state index in [-0.39, 0.29) is 11.2 Å². The molecule has 0 bridgehead atoms. The molecule has 16 heavy (non-hydrogen) atoms. The van der Waals surface area contributed by atoms with Crippen molar-refractivity contribution in [2.45, 2.75) is 33.6 Å². The van der Waals surface area contributed by atoms with Gasteiger partial charge in [-0.25, -0.2) is 16.5 Å². The van der Waals surface area contributed by atoms with Crippen molar-refractivity contribution in [3.63, 3.8) is 0 Å². The minimum absolute atomic E-state index is 0.204. The molecular formula is C10H20N4O2. The lowest BCUT2D eigenvalue weighted by molar-refractivity contribution is -0.117. The summed E-state index contributed by atoms with van der Waals surface area (Å²) in [5.74, 6) is 9.37. The second-order valence-electron chi connectivity index (χ2n) is 4.59. The highest BCUT2D eigenvalue weighted by atomic mass is 16.2. The first kappa shape index (κ1) is 14.6. The molecule has 0 spiro atoms. The summed E-state index contributed by atoms with van der Waals surface area (Å²) < 4.78 is 0. The molecule has 0 atom stereocenters. The fourth-order valence-corrected chi connectivity index (χ4v) is 1.71. The fourth-order valence-electron chi connectivity index (χ4n) is 1.71. The van der Waals surface area contributed by atoms with Crippen LogP contribution >= 0.6 is 0 Å². The zero-order chi connectivity index (χ0) is 12.8. The molecule has 0 heterocycles. The quantitative estimate of drug-likeness (QED) is 0.272. The highest BCUT2D eigenvalue weighted by Crippen LogP contribution is 2.32. The number of ketones is 1. The fraction of sp³-hybridized carbons (Fsp3) is 0.600. The third-order valence-corrected chi connectivity index (χ3v) is 2.08. The van der Waals surface area contributed by atoms with Crippen LogP contribution in [0, 0.1) is 5.41 Å². The maximum absolute atomic E-state index is 11.0. The molecule has 0 fully saturated rings. The first-order valence-corrected chi connectivity index (χ1v) is 4.98. The number of hydrogen-bond acceptors (Lipinski definition) is 4. The monoisotopic (exact) mass is 228 g/mol. The lowest BCUT2D eigenvalue weighted by Gasteiger charge is -2.27. The minimum Gasteiger partial charge on any atom is -0.295 e. The Labute approximate surface area is 95.4 Å². The molecule has 0 saturated heterocycles. The third kappa shape index (κ3) is 6.15. The van der Waals surface area contributed by atoms with E-state index in [1.807, 2.05) is 6.92 Å². The Bertz CT molecular complexity index is 291. The average molecular weight is 228 g/mol. The first-order chi connectivity index (χ1) is 7.30. The van der Waals surface area contributed by atoms with Gasteiger partial charge in [-0.15, -0.1) is 0 Å². The maximum atomic E-state index is 11.0. The number of nitrogens with one attached hydrogen (secondary N) is 2. The van der Waals surface area contributed by atoms with Gasteiger partial charge in [-0.1, -0.05) is 19.4 Å². The van der Waals surface area contributed by atoms with Crippen molar-refractivity contribution in [2.75, 3.05) is 0 Å². The number of nitrogens with two attached hydrogens (primary N) is 2. The van der Waals surface area contributed by atoms with Gasteiger partial charge in [-0.3, -0.25) is 15.6 Å². The third-order valence-electron chi connectivity index (χ3n) is 2.08. The van der Waals surface area contributed by atoms with Crippen LogP contribution in [-0.4, -0.2) is 11.8 Å². The van der Waals surface area contributed by atoms with E-state index in [1.54, 1.807) is 16.9 Å². The Morgan fingerprint density at radius 3 is 2.06 bits per heavy atom. The SMILES string of the molecule is CC1=CC(=O)CC(C)(C)C1.NNC(=O)NN. The second kappa shape index (κ2) is 6.24. The molecular weight excluding hydrogens is 208 g/mol. The van der Waals surface area contributed by atoms with Crippen molar-refractivity contribution in [1.29, 1.82) is 0 Å². The Morgan fingerprint density at radius 1 is 1.31 bits per heavy atom. The zero-order valence-corrected chi connectivity index (χ0v) is 9.96. The van der Waals surface area contributed by atoms with Crippen LogP contribution in [0.2, 0.25) is 0 Å². The highest BCUT2D eigenvalue weighted by molar-refractivity contribution is 5.91. The van der Waals surface area contributed by atoms with Crippen molar-refractivity contribution in [1.82, 2.24) is 10.9 Å². The molecule has 0 unspecified atom stereocenters. The maximum Gasteiger partial charge on any atom is 0.343 e. The molecule has 0 aromatic carbocycles. The normalized spacial score (nSPS) is 17.8. The number of hydrogen-bond donors (Lipinski definition) is 4. The number of allylic oxidation sites excluding steroid dienone is 2. The van der Waals surface area contributed by atoms with Crippen LogP contribution in [0.15, 0.2) is 11.6 Å². The van der Waals surface area contributed by atoms with Gasteiger partial charge >= 0.3 is 6.03 Å². The molecule has 92 valence electrons. The van der Waals surface area contributed by atoms with Crippen LogP contribution in [0.3, 0.4) is 0 Å². The topological polar surface area (TPSA) is 110 Å². The van der Waals surface area contributed by atoms with Gasteiger partial charge < -0.3 is 0 Å². The van der Waals surface area contributed by atoms with Gasteiger partial charge in [0.15, 0.2) is 5.78 Å². The van der Waals surface area contributed by atoms with E-state index in [2.05, 4.69) is 25.5 Å². The summed E-state index contributed by atoms with van der Waals surface area (Å²) in [6.07, 6.45) is 3.55. The number of amides is 2. The lowest BCUT2D eigenvalue weighted by Crippen LogP contribution is -2.43. The van der Waals surface area contributed by atoms with E-state index in [0.29, 0.717) is 6.42 Å². The van der Waals surface area contributed by atoms with Gasteiger partial charge in [0.25, 0.3) is 0 Å². The average Bonchev–Trinajstić information content (AvgIpc) is 2.13. The number of rotatable bonds is 0. The highest BCUT2D eigenvalue weighted by Gasteiger charge is 2.25. The molecule has 2 amide bonds. The summed E-state index contributed by atoms with van der Waals surface area (Å²) in [4.78, 5) is 20.7. The molecule has 0 aromatic heterocycles. The predicted octanol–water partition coefficient (Wildman–Crippen LogP) is 0.355. The van der Waals surface area contributed by atoms with Crippen LogP contribution in [-0.2, 0) is 4.79 Å². The Hall–Kier alpha value is -1.40. The zero-order valence-electron chi connectivity index (χ0n) is 9.96. The summed E-state index contributed by atoms with van der Waals surface area (Å²) in [6.45, 7) is 6.31. The summed E-state index contributed by atoms with van der Waals surface area (Å²) >= 11 is 0. The molecule has 1 aliphatic carbocycles. The molecule has 0 aliphatic heterocycles. The number of carbonyl (C=O) groups excluding carboxylic acids is 2. The summed E-state index contributed by atoms with van der Waals surface area (Å²) in [5.41, 5.74) is 4.91. The molecule has 0 aromatic rings. The van der Waals surface area contributed by atoms with Gasteiger partial charge in [0.2, 0.25) is 0 Å². The largest absolute Gasteiger partial charge is 0.343 e. The Kier molecular flexibility index (Phi) is 5.69. The molecule has 1 aliphatic rings. The summed E-state index contributed by atoms with van der Waals surface area (Å²) in [7, 11) is 0. The van der Waals surface area contributed by atoms with Gasteiger partial charge in [-0.2, -0.15) is 0 Å². The predicted molar refractivity (Wildman–Crippen MR) is 61.8 cm³/mol. The van der Waals surface area contributed by atoms with Gasteiger partial charge in [0.05, 0.1) is 0 Å². The summed E-state index contributed by atoms with van der Waals surface area (Å²) in [5, 5.41) is 0. The van der Waals surface area contributed by atoms with Crippen LogP contribution in [0.4, 0.5) is 4.79 Å². The Morgan fingerprint density at radius 2 is 1.81 bits per heavy atom. The van der Waals surface area contributed by atoms with Crippen molar-refractivity contribution >= 4 is 11.8 Å². The van der Waals surface area contributed by atoms with Crippen molar-refractivity contribution in [2.24, 2.45) is 17.1 Å². The van der Waals surface area contributed by atoms with E-state index in [4.69, 9.17) is 0 Å². The van der Waals surface area contributed by atoms with Crippen molar-refractivity contribution in [3.05, 3.63) is 11.6 Å². The summed E-state index contributed by atoms with van der Waals surface area (Å²) in [6, 6.07) is -0.602. The molecule has 6 N–H and O–H groups in total.